The summed E-state index contributed by atoms with van der Waals surface area (Å²) in [5, 5.41) is 3.09. The molecule has 2 heterocycles. The lowest BCUT2D eigenvalue weighted by Gasteiger charge is -2.23. The van der Waals surface area contributed by atoms with Crippen molar-refractivity contribution in [3.63, 3.8) is 0 Å². The molecule has 0 aliphatic carbocycles. The molecule has 0 bridgehead atoms. The topological polar surface area (TPSA) is 87.8 Å². The van der Waals surface area contributed by atoms with Crippen LogP contribution < -0.4 is 16.0 Å². The number of amides is 2. The molecular weight excluding hydrogens is 484 g/mol. The van der Waals surface area contributed by atoms with Crippen molar-refractivity contribution in [1.82, 2.24) is 0 Å². The van der Waals surface area contributed by atoms with Crippen molar-refractivity contribution in [2.75, 3.05) is 16.8 Å². The Morgan fingerprint density at radius 1 is 1.03 bits per heavy atom. The van der Waals surface area contributed by atoms with Crippen molar-refractivity contribution in [1.29, 1.82) is 0 Å². The minimum Gasteiger partial charge on any atom is -0.324 e. The third-order valence-electron chi connectivity index (χ3n) is 6.96. The summed E-state index contributed by atoms with van der Waals surface area (Å²) in [5.41, 5.74) is 11.7. The van der Waals surface area contributed by atoms with Gasteiger partial charge in [-0.2, -0.15) is 0 Å². The number of carbonyl (C=O) groups excluding carboxylic acids is 2. The molecule has 3 atom stereocenters. The van der Waals surface area contributed by atoms with Crippen LogP contribution in [0.1, 0.15) is 49.3 Å². The first kappa shape index (κ1) is 26.6. The fourth-order valence-corrected chi connectivity index (χ4v) is 5.27. The van der Waals surface area contributed by atoms with Crippen LogP contribution in [0.4, 0.5) is 11.4 Å². The number of anilines is 2. The maximum absolute atomic E-state index is 13.4. The average Bonchev–Trinajstić information content (AvgIpc) is 3.17. The van der Waals surface area contributed by atoms with Crippen LogP contribution in [0.25, 0.3) is 0 Å². The summed E-state index contributed by atoms with van der Waals surface area (Å²) >= 11 is 0. The molecule has 5 rings (SSSR count). The van der Waals surface area contributed by atoms with E-state index in [0.717, 1.165) is 33.8 Å². The third kappa shape index (κ3) is 5.45. The van der Waals surface area contributed by atoms with Gasteiger partial charge in [0.2, 0.25) is 11.8 Å². The maximum atomic E-state index is 13.4. The van der Waals surface area contributed by atoms with Gasteiger partial charge in [0.05, 0.1) is 17.4 Å². The van der Waals surface area contributed by atoms with E-state index in [1.54, 1.807) is 4.90 Å². The predicted octanol–water partition coefficient (Wildman–Crippen LogP) is 5.16. The van der Waals surface area contributed by atoms with Crippen molar-refractivity contribution in [3.8, 4) is 0 Å². The third-order valence-corrected chi connectivity index (χ3v) is 6.96. The van der Waals surface area contributed by atoms with Crippen LogP contribution in [-0.4, -0.2) is 36.2 Å². The van der Waals surface area contributed by atoms with Gasteiger partial charge < -0.3 is 16.0 Å². The zero-order chi connectivity index (χ0) is 25.2. The summed E-state index contributed by atoms with van der Waals surface area (Å²) in [4.78, 5) is 33.5. The first-order chi connectivity index (χ1) is 17.4. The van der Waals surface area contributed by atoms with Gasteiger partial charge in [-0.3, -0.25) is 14.6 Å². The van der Waals surface area contributed by atoms with Crippen LogP contribution in [0.3, 0.4) is 0 Å². The molecule has 0 aromatic heterocycles. The first-order valence-corrected chi connectivity index (χ1v) is 12.6. The van der Waals surface area contributed by atoms with Gasteiger partial charge >= 0.3 is 0 Å². The number of hydrogen-bond acceptors (Lipinski definition) is 4. The molecule has 2 aliphatic rings. The smallest absolute Gasteiger partial charge is 0.249 e. The van der Waals surface area contributed by atoms with Gasteiger partial charge in [0, 0.05) is 29.3 Å². The Bertz CT molecular complexity index is 1310. The Kier molecular flexibility index (Phi) is 8.10. The molecule has 37 heavy (non-hydrogen) atoms. The fourth-order valence-electron chi connectivity index (χ4n) is 5.27. The Labute approximate surface area is 224 Å². The highest BCUT2D eigenvalue weighted by molar-refractivity contribution is 6.19. The lowest BCUT2D eigenvalue weighted by atomic mass is 9.93. The van der Waals surface area contributed by atoms with Gasteiger partial charge in [0.15, 0.2) is 0 Å². The molecule has 3 aromatic rings. The summed E-state index contributed by atoms with van der Waals surface area (Å²) in [7, 11) is 0. The first-order valence-electron chi connectivity index (χ1n) is 12.6. The van der Waals surface area contributed by atoms with Gasteiger partial charge in [-0.05, 0) is 36.5 Å². The largest absolute Gasteiger partial charge is 0.324 e. The Morgan fingerprint density at radius 3 is 2.46 bits per heavy atom. The number of para-hydroxylation sites is 2. The SMILES string of the molecule is CC(C)CC(N)C(=O)N1CC(CC2N=C(c3ccccc3)c3ccccc3NC2=O)c2ccccc21.Cl. The number of hydrogen-bond donors (Lipinski definition) is 2. The summed E-state index contributed by atoms with van der Waals surface area (Å²) in [5.74, 6) is 0.116. The van der Waals surface area contributed by atoms with Crippen molar-refractivity contribution in [2.24, 2.45) is 16.6 Å². The minimum atomic E-state index is -0.593. The molecule has 6 nitrogen and oxygen atoms in total. The lowest BCUT2D eigenvalue weighted by molar-refractivity contribution is -0.120. The second kappa shape index (κ2) is 11.3. The van der Waals surface area contributed by atoms with Crippen LogP contribution in [0.15, 0.2) is 83.9 Å². The van der Waals surface area contributed by atoms with E-state index in [9.17, 15) is 9.59 Å². The number of aliphatic imine (C=N–C) groups is 1. The fraction of sp³-hybridized carbons (Fsp3) is 0.300. The van der Waals surface area contributed by atoms with Gasteiger partial charge in [-0.25, -0.2) is 0 Å². The molecule has 0 saturated carbocycles. The lowest BCUT2D eigenvalue weighted by Crippen LogP contribution is -2.44. The Balaban J connectivity index is 0.00000320. The Hall–Kier alpha value is -3.48. The number of rotatable bonds is 6. The maximum Gasteiger partial charge on any atom is 0.249 e. The number of fused-ring (bicyclic) bond motifs is 2. The van der Waals surface area contributed by atoms with Crippen LogP contribution in [0.5, 0.6) is 0 Å². The highest BCUT2D eigenvalue weighted by Gasteiger charge is 2.37. The van der Waals surface area contributed by atoms with Gasteiger partial charge in [0.25, 0.3) is 0 Å². The van der Waals surface area contributed by atoms with Crippen molar-refractivity contribution in [3.05, 3.63) is 95.6 Å². The second-order valence-corrected chi connectivity index (χ2v) is 10.1. The molecular formula is C30H33ClN4O2. The zero-order valence-corrected chi connectivity index (χ0v) is 21.9. The Morgan fingerprint density at radius 2 is 1.70 bits per heavy atom. The molecule has 0 fully saturated rings. The summed E-state index contributed by atoms with van der Waals surface area (Å²) < 4.78 is 0. The summed E-state index contributed by atoms with van der Waals surface area (Å²) in [6.45, 7) is 4.63. The van der Waals surface area contributed by atoms with E-state index in [1.165, 1.54) is 0 Å². The number of benzodiazepines with no additional fused rings is 1. The van der Waals surface area contributed by atoms with Gasteiger partial charge in [0.1, 0.15) is 6.04 Å². The van der Waals surface area contributed by atoms with E-state index in [-0.39, 0.29) is 30.1 Å². The molecule has 0 saturated heterocycles. The van der Waals surface area contributed by atoms with Gasteiger partial charge in [-0.15, -0.1) is 12.4 Å². The minimum absolute atomic E-state index is 0. The number of nitrogens with two attached hydrogens (primary N) is 1. The van der Waals surface area contributed by atoms with Crippen LogP contribution in [0.2, 0.25) is 0 Å². The van der Waals surface area contributed by atoms with E-state index in [4.69, 9.17) is 10.7 Å². The van der Waals surface area contributed by atoms with Crippen molar-refractivity contribution >= 4 is 41.3 Å². The van der Waals surface area contributed by atoms with Crippen LogP contribution in [-0.2, 0) is 9.59 Å². The number of benzene rings is 3. The molecule has 3 N–H and O–H groups in total. The molecule has 3 unspecified atom stereocenters. The molecule has 2 amide bonds. The highest BCUT2D eigenvalue weighted by Crippen LogP contribution is 2.40. The molecule has 2 aliphatic heterocycles. The van der Waals surface area contributed by atoms with E-state index >= 15 is 0 Å². The predicted molar refractivity (Wildman–Crippen MR) is 152 cm³/mol. The standard InChI is InChI=1S/C30H32N4O2.ClH/c1-19(2)16-24(31)30(36)34-18-21(22-12-7-9-15-27(22)34)17-26-29(35)33-25-14-8-6-13-23(25)28(32-26)20-10-4-3-5-11-20;/h3-15,19,21,24,26H,16-18,31H2,1-2H3,(H,33,35);1H. The number of carbonyl (C=O) groups is 2. The molecule has 0 spiro atoms. The normalized spacial score (nSPS) is 19.2. The van der Waals surface area contributed by atoms with E-state index < -0.39 is 12.1 Å². The average molecular weight is 517 g/mol. The zero-order valence-electron chi connectivity index (χ0n) is 21.1. The van der Waals surface area contributed by atoms with E-state index in [0.29, 0.717) is 25.3 Å². The van der Waals surface area contributed by atoms with Crippen LogP contribution in [0, 0.1) is 5.92 Å². The monoisotopic (exact) mass is 516 g/mol. The number of halogens is 1. The molecule has 3 aromatic carbocycles. The summed E-state index contributed by atoms with van der Waals surface area (Å²) in [6.07, 6.45) is 1.13. The van der Waals surface area contributed by atoms with Crippen LogP contribution >= 0.6 is 12.4 Å². The second-order valence-electron chi connectivity index (χ2n) is 10.1. The van der Waals surface area contributed by atoms with Gasteiger partial charge in [-0.1, -0.05) is 80.6 Å². The molecule has 192 valence electrons. The van der Waals surface area contributed by atoms with E-state index in [1.807, 2.05) is 78.9 Å². The highest BCUT2D eigenvalue weighted by atomic mass is 35.5. The number of nitrogens with one attached hydrogen (secondary N) is 1. The van der Waals surface area contributed by atoms with E-state index in [2.05, 4.69) is 19.2 Å². The molecule has 7 heteroatoms. The van der Waals surface area contributed by atoms with Crippen molar-refractivity contribution < 1.29 is 9.59 Å². The van der Waals surface area contributed by atoms with Crippen molar-refractivity contribution in [2.45, 2.75) is 44.7 Å². The quantitative estimate of drug-likeness (QED) is 0.474. The number of nitrogens with zero attached hydrogens (tertiary/aromatic N) is 2. The summed E-state index contributed by atoms with van der Waals surface area (Å²) in [6, 6.07) is 24.5. The molecule has 0 radical (unpaired) electrons.